The Kier molecular flexibility index (Phi) is 4.10. The topological polar surface area (TPSA) is 19.4 Å². The Morgan fingerprint density at radius 1 is 1.42 bits per heavy atom. The van der Waals surface area contributed by atoms with Crippen LogP contribution in [0, 0.1) is 6.07 Å². The summed E-state index contributed by atoms with van der Waals surface area (Å²) in [6.07, 6.45) is -3.36. The van der Waals surface area contributed by atoms with E-state index >= 15 is 0 Å². The normalized spacial score (nSPS) is 21.3. The smallest absolute Gasteiger partial charge is 0.305 e. The minimum absolute atomic E-state index is 0.425. The van der Waals surface area contributed by atoms with E-state index in [9.17, 15) is 13.2 Å². The first-order chi connectivity index (χ1) is 8.86. The molecule has 1 aromatic heterocycles. The van der Waals surface area contributed by atoms with Crippen LogP contribution in [0.25, 0.3) is 0 Å². The summed E-state index contributed by atoms with van der Waals surface area (Å²) in [6, 6.07) is 5.40. The van der Waals surface area contributed by atoms with Crippen molar-refractivity contribution in [2.75, 3.05) is 27.2 Å². The molecule has 1 aliphatic rings. The molecule has 1 radical (unpaired) electrons. The highest BCUT2D eigenvalue weighted by Gasteiger charge is 2.32. The second-order valence-corrected chi connectivity index (χ2v) is 5.08. The maximum absolute atomic E-state index is 12.5. The molecule has 0 saturated carbocycles. The summed E-state index contributed by atoms with van der Waals surface area (Å²) in [5.74, 6) is 0. The molecule has 1 fully saturated rings. The zero-order valence-corrected chi connectivity index (χ0v) is 11.0. The fourth-order valence-corrected chi connectivity index (χ4v) is 2.27. The number of likely N-dealkylation sites (tertiary alicyclic amines) is 1. The Hall–Kier alpha value is -1.14. The fourth-order valence-electron chi connectivity index (χ4n) is 2.27. The molecular formula is C13H17F3N3. The quantitative estimate of drug-likeness (QED) is 0.839. The minimum Gasteiger partial charge on any atom is -0.305 e. The van der Waals surface area contributed by atoms with Crippen LogP contribution in [0.1, 0.15) is 17.8 Å². The molecule has 1 aliphatic heterocycles. The highest BCUT2D eigenvalue weighted by Crippen LogP contribution is 2.27. The Balaban J connectivity index is 2.01. The predicted molar refractivity (Wildman–Crippen MR) is 65.4 cm³/mol. The Labute approximate surface area is 111 Å². The van der Waals surface area contributed by atoms with Gasteiger partial charge < -0.3 is 4.90 Å². The van der Waals surface area contributed by atoms with Crippen molar-refractivity contribution in [1.82, 2.24) is 14.8 Å². The third-order valence-electron chi connectivity index (χ3n) is 3.39. The number of rotatable bonds is 3. The first-order valence-electron chi connectivity index (χ1n) is 6.19. The summed E-state index contributed by atoms with van der Waals surface area (Å²) < 4.78 is 37.6. The second-order valence-electron chi connectivity index (χ2n) is 5.08. The average molecular weight is 272 g/mol. The first-order valence-corrected chi connectivity index (χ1v) is 6.19. The fraction of sp³-hybridized carbons (Fsp3) is 0.615. The number of hydrogen-bond donors (Lipinski definition) is 0. The van der Waals surface area contributed by atoms with Crippen molar-refractivity contribution in [3.05, 3.63) is 29.6 Å². The molecule has 6 heteroatoms. The number of likely N-dealkylation sites (N-methyl/N-ethyl adjacent to an activating group) is 1. The van der Waals surface area contributed by atoms with Crippen molar-refractivity contribution >= 4 is 0 Å². The zero-order chi connectivity index (χ0) is 14.0. The Morgan fingerprint density at radius 3 is 2.74 bits per heavy atom. The van der Waals surface area contributed by atoms with Crippen molar-refractivity contribution in [2.45, 2.75) is 25.2 Å². The summed E-state index contributed by atoms with van der Waals surface area (Å²) in [6.45, 7) is 2.20. The van der Waals surface area contributed by atoms with Gasteiger partial charge in [0.25, 0.3) is 0 Å². The van der Waals surface area contributed by atoms with Crippen LogP contribution >= 0.6 is 0 Å². The highest BCUT2D eigenvalue weighted by atomic mass is 19.4. The third kappa shape index (κ3) is 3.67. The van der Waals surface area contributed by atoms with Crippen LogP contribution in [-0.2, 0) is 12.7 Å². The van der Waals surface area contributed by atoms with Gasteiger partial charge in [-0.05, 0) is 38.7 Å². The van der Waals surface area contributed by atoms with Gasteiger partial charge in [0.15, 0.2) is 0 Å². The van der Waals surface area contributed by atoms with E-state index < -0.39 is 11.9 Å². The number of nitrogens with zero attached hydrogens (tertiary/aromatic N) is 3. The van der Waals surface area contributed by atoms with Crippen molar-refractivity contribution < 1.29 is 13.2 Å². The molecule has 0 aromatic carbocycles. The van der Waals surface area contributed by atoms with E-state index in [2.05, 4.69) is 20.9 Å². The molecule has 0 N–H and O–H groups in total. The molecule has 1 aromatic rings. The van der Waals surface area contributed by atoms with Crippen molar-refractivity contribution in [3.8, 4) is 0 Å². The maximum atomic E-state index is 12.5. The van der Waals surface area contributed by atoms with Crippen LogP contribution in [0.15, 0.2) is 12.1 Å². The molecule has 105 valence electrons. The summed E-state index contributed by atoms with van der Waals surface area (Å²) in [5.41, 5.74) is -0.442. The molecule has 0 amide bonds. The van der Waals surface area contributed by atoms with Gasteiger partial charge in [-0.2, -0.15) is 13.2 Å². The largest absolute Gasteiger partial charge is 0.433 e. The van der Waals surface area contributed by atoms with Gasteiger partial charge in [0.2, 0.25) is 0 Å². The number of aromatic nitrogens is 1. The lowest BCUT2D eigenvalue weighted by Gasteiger charge is -2.20. The molecule has 0 bridgehead atoms. The molecule has 1 unspecified atom stereocenters. The third-order valence-corrected chi connectivity index (χ3v) is 3.39. The number of pyridine rings is 1. The van der Waals surface area contributed by atoms with Gasteiger partial charge in [0.1, 0.15) is 5.69 Å². The predicted octanol–water partition coefficient (Wildman–Crippen LogP) is 2.04. The van der Waals surface area contributed by atoms with Gasteiger partial charge in [0.05, 0.1) is 5.69 Å². The molecule has 0 aliphatic carbocycles. The van der Waals surface area contributed by atoms with Crippen LogP contribution in [0.5, 0.6) is 0 Å². The van der Waals surface area contributed by atoms with Gasteiger partial charge in [-0.15, -0.1) is 0 Å². The minimum atomic E-state index is -4.40. The van der Waals surface area contributed by atoms with Gasteiger partial charge in [0, 0.05) is 25.7 Å². The highest BCUT2D eigenvalue weighted by molar-refractivity contribution is 5.12. The lowest BCUT2D eigenvalue weighted by Crippen LogP contribution is -2.31. The zero-order valence-electron chi connectivity index (χ0n) is 11.0. The maximum Gasteiger partial charge on any atom is 0.433 e. The van der Waals surface area contributed by atoms with Gasteiger partial charge in [-0.3, -0.25) is 4.90 Å². The van der Waals surface area contributed by atoms with E-state index in [0.717, 1.165) is 25.6 Å². The van der Waals surface area contributed by atoms with Crippen molar-refractivity contribution in [3.63, 3.8) is 0 Å². The molecule has 3 nitrogen and oxygen atoms in total. The van der Waals surface area contributed by atoms with Gasteiger partial charge in [-0.25, -0.2) is 4.98 Å². The number of hydrogen-bond acceptors (Lipinski definition) is 3. The molecule has 2 heterocycles. The van der Waals surface area contributed by atoms with E-state index in [1.54, 1.807) is 0 Å². The molecule has 1 atom stereocenters. The van der Waals surface area contributed by atoms with Gasteiger partial charge in [-0.1, -0.05) is 0 Å². The Bertz CT molecular complexity index is 431. The summed E-state index contributed by atoms with van der Waals surface area (Å²) in [7, 11) is 4.04. The molecule has 2 rings (SSSR count). The van der Waals surface area contributed by atoms with Crippen LogP contribution in [0.3, 0.4) is 0 Å². The van der Waals surface area contributed by atoms with Crippen LogP contribution < -0.4 is 0 Å². The Morgan fingerprint density at radius 2 is 2.16 bits per heavy atom. The van der Waals surface area contributed by atoms with E-state index in [1.165, 1.54) is 6.07 Å². The van der Waals surface area contributed by atoms with E-state index in [-0.39, 0.29) is 0 Å². The summed E-state index contributed by atoms with van der Waals surface area (Å²) in [5, 5.41) is 0. The summed E-state index contributed by atoms with van der Waals surface area (Å²) >= 11 is 0. The molecule has 19 heavy (non-hydrogen) atoms. The van der Waals surface area contributed by atoms with Gasteiger partial charge >= 0.3 is 6.18 Å². The standard InChI is InChI=1S/C13H17F3N3/c1-18(2)11-6-7-19(9-11)8-10-4-3-5-12(17-10)13(14,15)16/h4-5,11H,6-9H2,1-2H3. The van der Waals surface area contributed by atoms with Crippen LogP contribution in [0.4, 0.5) is 13.2 Å². The summed E-state index contributed by atoms with van der Waals surface area (Å²) in [4.78, 5) is 7.94. The van der Waals surface area contributed by atoms with E-state index in [4.69, 9.17) is 0 Å². The van der Waals surface area contributed by atoms with Crippen LogP contribution in [-0.4, -0.2) is 48.0 Å². The van der Waals surface area contributed by atoms with E-state index in [1.807, 2.05) is 14.1 Å². The lowest BCUT2D eigenvalue weighted by molar-refractivity contribution is -0.141. The van der Waals surface area contributed by atoms with Crippen LogP contribution in [0.2, 0.25) is 0 Å². The van der Waals surface area contributed by atoms with Crippen molar-refractivity contribution in [2.24, 2.45) is 0 Å². The second kappa shape index (κ2) is 5.46. The lowest BCUT2D eigenvalue weighted by atomic mass is 10.2. The molecular weight excluding hydrogens is 255 g/mol. The van der Waals surface area contributed by atoms with E-state index in [0.29, 0.717) is 18.3 Å². The van der Waals surface area contributed by atoms with Crippen molar-refractivity contribution in [1.29, 1.82) is 0 Å². The monoisotopic (exact) mass is 272 g/mol. The first kappa shape index (κ1) is 14.3. The number of halogens is 3. The molecule has 1 saturated heterocycles. The SMILES string of the molecule is CN(C)C1CCN(Cc2c[c]cc(C(F)(F)F)n2)C1. The average Bonchev–Trinajstić information content (AvgIpc) is 2.77. The number of alkyl halides is 3. The molecule has 0 spiro atoms.